The fourth-order valence-corrected chi connectivity index (χ4v) is 2.20. The predicted octanol–water partition coefficient (Wildman–Crippen LogP) is 0.480. The van der Waals surface area contributed by atoms with Crippen LogP contribution in [0, 0.1) is 0 Å². The van der Waals surface area contributed by atoms with Gasteiger partial charge in [0.1, 0.15) is 9.84 Å². The highest BCUT2D eigenvalue weighted by atomic mass is 32.2. The maximum absolute atomic E-state index is 11.3. The van der Waals surface area contributed by atoms with Crippen molar-refractivity contribution in [1.82, 2.24) is 5.32 Å². The Morgan fingerprint density at radius 2 is 1.93 bits per heavy atom. The lowest BCUT2D eigenvalue weighted by Gasteiger charge is -2.11. The molecule has 0 unspecified atom stereocenters. The van der Waals surface area contributed by atoms with E-state index in [1.54, 1.807) is 0 Å². The molecule has 0 atom stereocenters. The fourth-order valence-electron chi connectivity index (χ4n) is 1.65. The third kappa shape index (κ3) is 4.60. The fraction of sp³-hybridized carbons (Fsp3) is 0.889. The van der Waals surface area contributed by atoms with Gasteiger partial charge in [0.25, 0.3) is 0 Å². The van der Waals surface area contributed by atoms with Crippen molar-refractivity contribution in [1.29, 1.82) is 0 Å². The van der Waals surface area contributed by atoms with E-state index in [1.807, 2.05) is 0 Å². The summed E-state index contributed by atoms with van der Waals surface area (Å²) in [6, 6.07) is 0.280. The molecule has 0 aromatic rings. The standard InChI is InChI=1S/C9H17NO3S/c1-14(12,13)7-6-9(11)10-8-4-2-3-5-8/h8H,2-7H2,1H3,(H,10,11). The zero-order valence-electron chi connectivity index (χ0n) is 8.45. The summed E-state index contributed by atoms with van der Waals surface area (Å²) in [5, 5.41) is 2.85. The molecule has 0 aromatic heterocycles. The smallest absolute Gasteiger partial charge is 0.221 e. The Bertz CT molecular complexity index is 291. The van der Waals surface area contributed by atoms with Crippen LogP contribution < -0.4 is 5.32 Å². The number of hydrogen-bond acceptors (Lipinski definition) is 3. The lowest BCUT2D eigenvalue weighted by molar-refractivity contribution is -0.121. The summed E-state index contributed by atoms with van der Waals surface area (Å²) in [5.74, 6) is -0.187. The first-order valence-electron chi connectivity index (χ1n) is 4.94. The van der Waals surface area contributed by atoms with E-state index in [9.17, 15) is 13.2 Å². The normalized spacial score (nSPS) is 18.4. The van der Waals surface area contributed by atoms with Gasteiger partial charge in [-0.2, -0.15) is 0 Å². The van der Waals surface area contributed by atoms with E-state index in [0.717, 1.165) is 31.9 Å². The summed E-state index contributed by atoms with van der Waals surface area (Å²) < 4.78 is 21.6. The van der Waals surface area contributed by atoms with Crippen molar-refractivity contribution >= 4 is 15.7 Å². The SMILES string of the molecule is CS(=O)(=O)CCC(=O)NC1CCCC1. The molecule has 0 radical (unpaired) electrons. The van der Waals surface area contributed by atoms with E-state index in [0.29, 0.717) is 0 Å². The van der Waals surface area contributed by atoms with Crippen LogP contribution in [0.1, 0.15) is 32.1 Å². The Labute approximate surface area is 85.0 Å². The van der Waals surface area contributed by atoms with Crippen molar-refractivity contribution < 1.29 is 13.2 Å². The van der Waals surface area contributed by atoms with Crippen LogP contribution >= 0.6 is 0 Å². The monoisotopic (exact) mass is 219 g/mol. The minimum Gasteiger partial charge on any atom is -0.353 e. The van der Waals surface area contributed by atoms with Crippen molar-refractivity contribution in [3.63, 3.8) is 0 Å². The van der Waals surface area contributed by atoms with Gasteiger partial charge in [0, 0.05) is 18.7 Å². The van der Waals surface area contributed by atoms with Gasteiger partial charge in [-0.05, 0) is 12.8 Å². The van der Waals surface area contributed by atoms with E-state index in [-0.39, 0.29) is 24.1 Å². The summed E-state index contributed by atoms with van der Waals surface area (Å²) in [4.78, 5) is 11.3. The summed E-state index contributed by atoms with van der Waals surface area (Å²) >= 11 is 0. The highest BCUT2D eigenvalue weighted by molar-refractivity contribution is 7.90. The zero-order chi connectivity index (χ0) is 10.6. The van der Waals surface area contributed by atoms with Gasteiger partial charge in [0.15, 0.2) is 0 Å². The van der Waals surface area contributed by atoms with Gasteiger partial charge in [-0.1, -0.05) is 12.8 Å². The van der Waals surface area contributed by atoms with Crippen molar-refractivity contribution in [2.24, 2.45) is 0 Å². The van der Waals surface area contributed by atoms with Gasteiger partial charge in [-0.15, -0.1) is 0 Å². The molecule has 1 N–H and O–H groups in total. The zero-order valence-corrected chi connectivity index (χ0v) is 9.27. The second kappa shape index (κ2) is 4.77. The summed E-state index contributed by atoms with van der Waals surface area (Å²) in [7, 11) is -3.01. The average molecular weight is 219 g/mol. The number of nitrogens with one attached hydrogen (secondary N) is 1. The van der Waals surface area contributed by atoms with Crippen molar-refractivity contribution in [2.75, 3.05) is 12.0 Å². The second-order valence-electron chi connectivity index (χ2n) is 3.93. The van der Waals surface area contributed by atoms with Crippen LogP contribution in [0.3, 0.4) is 0 Å². The van der Waals surface area contributed by atoms with Crippen LogP contribution in [0.4, 0.5) is 0 Å². The Kier molecular flexibility index (Phi) is 3.92. The van der Waals surface area contributed by atoms with Crippen LogP contribution in [-0.4, -0.2) is 32.4 Å². The van der Waals surface area contributed by atoms with E-state index < -0.39 is 9.84 Å². The maximum Gasteiger partial charge on any atom is 0.221 e. The predicted molar refractivity (Wildman–Crippen MR) is 54.7 cm³/mol. The van der Waals surface area contributed by atoms with Crippen molar-refractivity contribution in [3.8, 4) is 0 Å². The first-order chi connectivity index (χ1) is 6.47. The van der Waals surface area contributed by atoms with E-state index >= 15 is 0 Å². The molecule has 0 heterocycles. The van der Waals surface area contributed by atoms with Gasteiger partial charge in [0.2, 0.25) is 5.91 Å². The number of hydrogen-bond donors (Lipinski definition) is 1. The molecule has 82 valence electrons. The molecular weight excluding hydrogens is 202 g/mol. The van der Waals surface area contributed by atoms with Gasteiger partial charge < -0.3 is 5.32 Å². The molecule has 0 spiro atoms. The largest absolute Gasteiger partial charge is 0.353 e. The molecule has 0 aromatic carbocycles. The summed E-state index contributed by atoms with van der Waals surface area (Å²) in [6.07, 6.45) is 5.63. The highest BCUT2D eigenvalue weighted by Crippen LogP contribution is 2.17. The lowest BCUT2D eigenvalue weighted by atomic mass is 10.2. The van der Waals surface area contributed by atoms with Crippen LogP contribution in [-0.2, 0) is 14.6 Å². The Balaban J connectivity index is 2.22. The van der Waals surface area contributed by atoms with Crippen molar-refractivity contribution in [2.45, 2.75) is 38.1 Å². The van der Waals surface area contributed by atoms with Gasteiger partial charge in [0.05, 0.1) is 5.75 Å². The maximum atomic E-state index is 11.3. The molecule has 5 heteroatoms. The van der Waals surface area contributed by atoms with Crippen LogP contribution in [0.15, 0.2) is 0 Å². The minimum atomic E-state index is -3.01. The van der Waals surface area contributed by atoms with Crippen molar-refractivity contribution in [3.05, 3.63) is 0 Å². The van der Waals surface area contributed by atoms with E-state index in [2.05, 4.69) is 5.32 Å². The number of rotatable bonds is 4. The molecule has 1 fully saturated rings. The third-order valence-electron chi connectivity index (χ3n) is 2.42. The summed E-state index contributed by atoms with van der Waals surface area (Å²) in [5.41, 5.74) is 0. The van der Waals surface area contributed by atoms with Gasteiger partial charge in [-0.3, -0.25) is 4.79 Å². The third-order valence-corrected chi connectivity index (χ3v) is 3.37. The molecule has 1 amide bonds. The molecule has 1 rings (SSSR count). The molecule has 14 heavy (non-hydrogen) atoms. The number of amides is 1. The van der Waals surface area contributed by atoms with Gasteiger partial charge in [-0.25, -0.2) is 8.42 Å². The van der Waals surface area contributed by atoms with E-state index in [4.69, 9.17) is 0 Å². The van der Waals surface area contributed by atoms with Crippen LogP contribution in [0.5, 0.6) is 0 Å². The van der Waals surface area contributed by atoms with Gasteiger partial charge >= 0.3 is 0 Å². The molecule has 0 aliphatic heterocycles. The minimum absolute atomic E-state index is 0.0500. The molecule has 1 saturated carbocycles. The molecule has 1 aliphatic rings. The molecule has 0 bridgehead atoms. The second-order valence-corrected chi connectivity index (χ2v) is 6.19. The first-order valence-corrected chi connectivity index (χ1v) is 7.00. The Morgan fingerprint density at radius 1 is 1.36 bits per heavy atom. The molecule has 1 aliphatic carbocycles. The number of carbonyl (C=O) groups is 1. The highest BCUT2D eigenvalue weighted by Gasteiger charge is 2.17. The molecule has 0 saturated heterocycles. The van der Waals surface area contributed by atoms with Crippen LogP contribution in [0.25, 0.3) is 0 Å². The molecule has 4 nitrogen and oxygen atoms in total. The van der Waals surface area contributed by atoms with E-state index in [1.165, 1.54) is 0 Å². The topological polar surface area (TPSA) is 63.2 Å². The lowest BCUT2D eigenvalue weighted by Crippen LogP contribution is -2.33. The quantitative estimate of drug-likeness (QED) is 0.748. The van der Waals surface area contributed by atoms with Crippen LogP contribution in [0.2, 0.25) is 0 Å². The Hall–Kier alpha value is -0.580. The number of carbonyl (C=O) groups excluding carboxylic acids is 1. The number of sulfone groups is 1. The summed E-state index contributed by atoms with van der Waals surface area (Å²) in [6.45, 7) is 0. The average Bonchev–Trinajstić information content (AvgIpc) is 2.52. The Morgan fingerprint density at radius 3 is 2.43 bits per heavy atom. The first kappa shape index (κ1) is 11.5. The molecular formula is C9H17NO3S.